The molecule has 0 radical (unpaired) electrons. The molecular weight excluding hydrogens is 212 g/mol. The highest BCUT2D eigenvalue weighted by Crippen LogP contribution is 2.31. The van der Waals surface area contributed by atoms with Gasteiger partial charge in [-0.25, -0.2) is 4.39 Å². The molecule has 0 aliphatic carbocycles. The number of hydrogen-bond acceptors (Lipinski definition) is 2. The maximum Gasteiger partial charge on any atom is 0.200 e. The summed E-state index contributed by atoms with van der Waals surface area (Å²) in [4.78, 5) is 0. The Morgan fingerprint density at radius 2 is 1.88 bits per heavy atom. The first-order valence-electron chi connectivity index (χ1n) is 5.46. The Balaban J connectivity index is 2.30. The van der Waals surface area contributed by atoms with Crippen molar-refractivity contribution in [1.82, 2.24) is 5.32 Å². The number of halogens is 2. The predicted molar refractivity (Wildman–Crippen MR) is 57.8 cm³/mol. The molecule has 1 aromatic rings. The SMILES string of the molecule is COc1ccc(C2CCNCC2)c(F)c1F. The summed E-state index contributed by atoms with van der Waals surface area (Å²) < 4.78 is 32.0. The number of hydrogen-bond donors (Lipinski definition) is 1. The van der Waals surface area contributed by atoms with Crippen molar-refractivity contribution < 1.29 is 13.5 Å². The Labute approximate surface area is 93.6 Å². The molecule has 16 heavy (non-hydrogen) atoms. The van der Waals surface area contributed by atoms with E-state index >= 15 is 0 Å². The Morgan fingerprint density at radius 3 is 2.50 bits per heavy atom. The molecule has 88 valence electrons. The monoisotopic (exact) mass is 227 g/mol. The van der Waals surface area contributed by atoms with E-state index in [9.17, 15) is 8.78 Å². The zero-order valence-corrected chi connectivity index (χ0v) is 9.22. The van der Waals surface area contributed by atoms with E-state index < -0.39 is 11.6 Å². The van der Waals surface area contributed by atoms with E-state index in [1.165, 1.54) is 13.2 Å². The Bertz CT molecular complexity index is 376. The molecule has 0 unspecified atom stereocenters. The lowest BCUT2D eigenvalue weighted by molar-refractivity contribution is 0.365. The van der Waals surface area contributed by atoms with E-state index in [1.54, 1.807) is 6.07 Å². The van der Waals surface area contributed by atoms with Crippen LogP contribution in [0.1, 0.15) is 24.3 Å². The molecule has 1 heterocycles. The van der Waals surface area contributed by atoms with Gasteiger partial charge in [0.15, 0.2) is 11.6 Å². The lowest BCUT2D eigenvalue weighted by Crippen LogP contribution is -2.27. The van der Waals surface area contributed by atoms with E-state index in [4.69, 9.17) is 4.74 Å². The molecular formula is C12H15F2NO. The van der Waals surface area contributed by atoms with Crippen molar-refractivity contribution in [2.75, 3.05) is 20.2 Å². The number of nitrogens with one attached hydrogen (secondary N) is 1. The van der Waals surface area contributed by atoms with Crippen molar-refractivity contribution in [1.29, 1.82) is 0 Å². The van der Waals surface area contributed by atoms with Gasteiger partial charge in [-0.2, -0.15) is 4.39 Å². The minimum atomic E-state index is -0.876. The number of methoxy groups -OCH3 is 1. The molecule has 1 aromatic carbocycles. The lowest BCUT2D eigenvalue weighted by Gasteiger charge is -2.23. The van der Waals surface area contributed by atoms with Crippen LogP contribution in [0.5, 0.6) is 5.75 Å². The van der Waals surface area contributed by atoms with Gasteiger partial charge in [-0.1, -0.05) is 6.07 Å². The van der Waals surface area contributed by atoms with Gasteiger partial charge in [0, 0.05) is 0 Å². The molecule has 0 bridgehead atoms. The summed E-state index contributed by atoms with van der Waals surface area (Å²) in [7, 11) is 1.34. The third-order valence-corrected chi connectivity index (χ3v) is 3.08. The maximum absolute atomic E-state index is 13.8. The number of rotatable bonds is 2. The Hall–Kier alpha value is -1.16. The summed E-state index contributed by atoms with van der Waals surface area (Å²) in [5.41, 5.74) is 0.472. The zero-order valence-electron chi connectivity index (χ0n) is 9.22. The molecule has 4 heteroatoms. The Kier molecular flexibility index (Phi) is 3.39. The first-order valence-corrected chi connectivity index (χ1v) is 5.46. The largest absolute Gasteiger partial charge is 0.494 e. The summed E-state index contributed by atoms with van der Waals surface area (Å²) in [5.74, 6) is -1.55. The summed E-state index contributed by atoms with van der Waals surface area (Å²) in [6, 6.07) is 3.13. The molecule has 0 aromatic heterocycles. The fraction of sp³-hybridized carbons (Fsp3) is 0.500. The third kappa shape index (κ3) is 2.02. The summed E-state index contributed by atoms with van der Waals surface area (Å²) in [6.45, 7) is 1.72. The van der Waals surface area contributed by atoms with Crippen molar-refractivity contribution in [2.24, 2.45) is 0 Å². The minimum absolute atomic E-state index is 0.0322. The van der Waals surface area contributed by atoms with Crippen molar-refractivity contribution in [2.45, 2.75) is 18.8 Å². The quantitative estimate of drug-likeness (QED) is 0.837. The normalized spacial score (nSPS) is 17.4. The van der Waals surface area contributed by atoms with Gasteiger partial charge in [-0.3, -0.25) is 0 Å². The number of ether oxygens (including phenoxy) is 1. The van der Waals surface area contributed by atoms with Crippen LogP contribution in [-0.2, 0) is 0 Å². The molecule has 1 aliphatic heterocycles. The maximum atomic E-state index is 13.8. The standard InChI is InChI=1S/C12H15F2NO/c1-16-10-3-2-9(11(13)12(10)14)8-4-6-15-7-5-8/h2-3,8,15H,4-7H2,1H3. The van der Waals surface area contributed by atoms with Crippen LogP contribution in [0.15, 0.2) is 12.1 Å². The molecule has 0 saturated carbocycles. The van der Waals surface area contributed by atoms with Crippen LogP contribution in [0, 0.1) is 11.6 Å². The van der Waals surface area contributed by atoms with Crippen LogP contribution in [0.2, 0.25) is 0 Å². The predicted octanol–water partition coefficient (Wildman–Crippen LogP) is 2.44. The van der Waals surface area contributed by atoms with Gasteiger partial charge in [0.25, 0.3) is 0 Å². The molecule has 1 aliphatic rings. The van der Waals surface area contributed by atoms with E-state index in [2.05, 4.69) is 5.32 Å². The van der Waals surface area contributed by atoms with Gasteiger partial charge in [0.2, 0.25) is 5.82 Å². The van der Waals surface area contributed by atoms with E-state index in [0.29, 0.717) is 5.56 Å². The lowest BCUT2D eigenvalue weighted by atomic mass is 9.90. The van der Waals surface area contributed by atoms with Crippen LogP contribution in [0.25, 0.3) is 0 Å². The molecule has 2 rings (SSSR count). The highest BCUT2D eigenvalue weighted by molar-refractivity contribution is 5.33. The smallest absolute Gasteiger partial charge is 0.200 e. The minimum Gasteiger partial charge on any atom is -0.494 e. The molecule has 0 amide bonds. The summed E-state index contributed by atoms with van der Waals surface area (Å²) in [5, 5.41) is 3.20. The second-order valence-electron chi connectivity index (χ2n) is 4.01. The van der Waals surface area contributed by atoms with Crippen LogP contribution in [0.4, 0.5) is 8.78 Å². The topological polar surface area (TPSA) is 21.3 Å². The first-order chi connectivity index (χ1) is 7.74. The van der Waals surface area contributed by atoms with E-state index in [1.807, 2.05) is 0 Å². The van der Waals surface area contributed by atoms with Gasteiger partial charge in [-0.15, -0.1) is 0 Å². The summed E-state index contributed by atoms with van der Waals surface area (Å²) in [6.07, 6.45) is 1.70. The van der Waals surface area contributed by atoms with E-state index in [-0.39, 0.29) is 11.7 Å². The van der Waals surface area contributed by atoms with Gasteiger partial charge >= 0.3 is 0 Å². The van der Waals surface area contributed by atoms with Crippen LogP contribution < -0.4 is 10.1 Å². The molecule has 1 fully saturated rings. The fourth-order valence-electron chi connectivity index (χ4n) is 2.15. The molecule has 2 nitrogen and oxygen atoms in total. The van der Waals surface area contributed by atoms with Crippen molar-refractivity contribution >= 4 is 0 Å². The van der Waals surface area contributed by atoms with Crippen molar-refractivity contribution in [3.05, 3.63) is 29.3 Å². The van der Waals surface area contributed by atoms with Gasteiger partial charge in [0.1, 0.15) is 0 Å². The molecule has 1 N–H and O–H groups in total. The first kappa shape index (κ1) is 11.3. The highest BCUT2D eigenvalue weighted by atomic mass is 19.2. The summed E-state index contributed by atoms with van der Waals surface area (Å²) >= 11 is 0. The highest BCUT2D eigenvalue weighted by Gasteiger charge is 2.22. The average molecular weight is 227 g/mol. The number of piperidine rings is 1. The van der Waals surface area contributed by atoms with E-state index in [0.717, 1.165) is 25.9 Å². The average Bonchev–Trinajstić information content (AvgIpc) is 2.34. The number of benzene rings is 1. The van der Waals surface area contributed by atoms with Gasteiger partial charge in [0.05, 0.1) is 7.11 Å². The third-order valence-electron chi connectivity index (χ3n) is 3.08. The fourth-order valence-corrected chi connectivity index (χ4v) is 2.15. The van der Waals surface area contributed by atoms with Crippen LogP contribution >= 0.6 is 0 Å². The van der Waals surface area contributed by atoms with Gasteiger partial charge < -0.3 is 10.1 Å². The van der Waals surface area contributed by atoms with Crippen LogP contribution in [-0.4, -0.2) is 20.2 Å². The molecule has 0 spiro atoms. The second kappa shape index (κ2) is 4.78. The van der Waals surface area contributed by atoms with Crippen molar-refractivity contribution in [3.8, 4) is 5.75 Å². The van der Waals surface area contributed by atoms with Gasteiger partial charge in [-0.05, 0) is 43.5 Å². The zero-order chi connectivity index (χ0) is 11.5. The Morgan fingerprint density at radius 1 is 1.19 bits per heavy atom. The molecule has 1 saturated heterocycles. The van der Waals surface area contributed by atoms with Crippen molar-refractivity contribution in [3.63, 3.8) is 0 Å². The molecule has 0 atom stereocenters. The second-order valence-corrected chi connectivity index (χ2v) is 4.01. The van der Waals surface area contributed by atoms with Crippen LogP contribution in [0.3, 0.4) is 0 Å².